The first-order chi connectivity index (χ1) is 9.11. The molecule has 6 heteroatoms. The van der Waals surface area contributed by atoms with E-state index < -0.39 is 5.97 Å². The van der Waals surface area contributed by atoms with Crippen LogP contribution in [0, 0.1) is 0 Å². The third kappa shape index (κ3) is 2.90. The lowest BCUT2D eigenvalue weighted by molar-refractivity contribution is -0.121. The molecule has 100 valence electrons. The van der Waals surface area contributed by atoms with Gasteiger partial charge in [-0.25, -0.2) is 9.78 Å². The minimum atomic E-state index is -0.989. The number of nitrogens with one attached hydrogen (secondary N) is 1. The van der Waals surface area contributed by atoms with Crippen molar-refractivity contribution in [2.45, 2.75) is 19.9 Å². The number of imidazole rings is 1. The van der Waals surface area contributed by atoms with Crippen LogP contribution in [0.1, 0.15) is 23.7 Å². The summed E-state index contributed by atoms with van der Waals surface area (Å²) in [4.78, 5) is 26.6. The van der Waals surface area contributed by atoms with E-state index in [9.17, 15) is 9.59 Å². The number of carboxylic acids is 1. The number of rotatable bonds is 5. The molecule has 0 aliphatic carbocycles. The standard InChI is InChI=1S/C13H15N3O3/c1-2-5-14-12(17)7-16-8-15-10-6-9(13(18)19)3-4-11(10)16/h3-4,6,8H,2,5,7H2,1H3,(H,14,17)(H,18,19). The fraction of sp³-hybridized carbons (Fsp3) is 0.308. The highest BCUT2D eigenvalue weighted by molar-refractivity contribution is 5.92. The van der Waals surface area contributed by atoms with E-state index in [1.165, 1.54) is 12.1 Å². The van der Waals surface area contributed by atoms with Gasteiger partial charge in [0.15, 0.2) is 0 Å². The number of carbonyl (C=O) groups excluding carboxylic acids is 1. The fourth-order valence-corrected chi connectivity index (χ4v) is 1.80. The van der Waals surface area contributed by atoms with Gasteiger partial charge < -0.3 is 15.0 Å². The lowest BCUT2D eigenvalue weighted by Crippen LogP contribution is -2.27. The van der Waals surface area contributed by atoms with Crippen molar-refractivity contribution >= 4 is 22.9 Å². The van der Waals surface area contributed by atoms with E-state index in [4.69, 9.17) is 5.11 Å². The molecular formula is C13H15N3O3. The van der Waals surface area contributed by atoms with Gasteiger partial charge in [0.25, 0.3) is 0 Å². The summed E-state index contributed by atoms with van der Waals surface area (Å²) in [5.41, 5.74) is 1.51. The summed E-state index contributed by atoms with van der Waals surface area (Å²) in [5.74, 6) is -1.07. The van der Waals surface area contributed by atoms with Gasteiger partial charge in [0.2, 0.25) is 5.91 Å². The lowest BCUT2D eigenvalue weighted by Gasteiger charge is -2.05. The maximum Gasteiger partial charge on any atom is 0.335 e. The molecule has 0 atom stereocenters. The first-order valence-corrected chi connectivity index (χ1v) is 6.06. The van der Waals surface area contributed by atoms with Crippen LogP contribution >= 0.6 is 0 Å². The smallest absolute Gasteiger partial charge is 0.335 e. The summed E-state index contributed by atoms with van der Waals surface area (Å²) in [6.45, 7) is 2.82. The van der Waals surface area contributed by atoms with Crippen LogP contribution in [0.15, 0.2) is 24.5 Å². The van der Waals surface area contributed by atoms with E-state index in [2.05, 4.69) is 10.3 Å². The van der Waals surface area contributed by atoms with Crippen LogP contribution in [0.5, 0.6) is 0 Å². The molecule has 0 fully saturated rings. The Kier molecular flexibility index (Phi) is 3.79. The molecule has 1 aromatic heterocycles. The zero-order chi connectivity index (χ0) is 13.8. The maximum atomic E-state index is 11.6. The number of fused-ring (bicyclic) bond motifs is 1. The van der Waals surface area contributed by atoms with Gasteiger partial charge in [-0.15, -0.1) is 0 Å². The van der Waals surface area contributed by atoms with Gasteiger partial charge in [0.1, 0.15) is 6.54 Å². The number of hydrogen-bond donors (Lipinski definition) is 2. The quantitative estimate of drug-likeness (QED) is 0.848. The molecule has 1 aromatic carbocycles. The molecule has 0 aliphatic heterocycles. The normalized spacial score (nSPS) is 10.6. The average molecular weight is 261 g/mol. The molecule has 2 aromatic rings. The van der Waals surface area contributed by atoms with Crippen molar-refractivity contribution in [1.29, 1.82) is 0 Å². The first-order valence-electron chi connectivity index (χ1n) is 6.06. The van der Waals surface area contributed by atoms with Gasteiger partial charge in [-0.2, -0.15) is 0 Å². The van der Waals surface area contributed by atoms with Gasteiger partial charge in [-0.3, -0.25) is 4.79 Å². The molecule has 1 heterocycles. The van der Waals surface area contributed by atoms with Crippen LogP contribution in [0.4, 0.5) is 0 Å². The molecule has 0 aliphatic rings. The third-order valence-electron chi connectivity index (χ3n) is 2.75. The van der Waals surface area contributed by atoms with Crippen molar-refractivity contribution < 1.29 is 14.7 Å². The predicted molar refractivity (Wildman–Crippen MR) is 70.0 cm³/mol. The summed E-state index contributed by atoms with van der Waals surface area (Å²) in [6, 6.07) is 4.67. The number of amides is 1. The Bertz CT molecular complexity index is 619. The Morgan fingerprint density at radius 2 is 2.21 bits per heavy atom. The van der Waals surface area contributed by atoms with E-state index in [1.54, 1.807) is 17.0 Å². The zero-order valence-corrected chi connectivity index (χ0v) is 10.6. The highest BCUT2D eigenvalue weighted by Gasteiger charge is 2.09. The molecule has 0 radical (unpaired) electrons. The number of aromatic nitrogens is 2. The van der Waals surface area contributed by atoms with E-state index in [-0.39, 0.29) is 18.0 Å². The van der Waals surface area contributed by atoms with Crippen molar-refractivity contribution in [2.75, 3.05) is 6.54 Å². The van der Waals surface area contributed by atoms with Crippen LogP contribution in [-0.4, -0.2) is 33.1 Å². The van der Waals surface area contributed by atoms with Gasteiger partial charge in [-0.05, 0) is 24.6 Å². The van der Waals surface area contributed by atoms with Crippen molar-refractivity contribution in [3.05, 3.63) is 30.1 Å². The van der Waals surface area contributed by atoms with Crippen molar-refractivity contribution in [3.8, 4) is 0 Å². The number of carboxylic acid groups (broad SMARTS) is 1. The SMILES string of the molecule is CCCNC(=O)Cn1cnc2cc(C(=O)O)ccc21. The second kappa shape index (κ2) is 5.51. The largest absolute Gasteiger partial charge is 0.478 e. The molecule has 2 N–H and O–H groups in total. The molecule has 1 amide bonds. The van der Waals surface area contributed by atoms with Gasteiger partial charge >= 0.3 is 5.97 Å². The summed E-state index contributed by atoms with van der Waals surface area (Å²) in [6.07, 6.45) is 2.43. The molecule has 0 saturated carbocycles. The number of hydrogen-bond acceptors (Lipinski definition) is 3. The van der Waals surface area contributed by atoms with Crippen molar-refractivity contribution in [3.63, 3.8) is 0 Å². The minimum Gasteiger partial charge on any atom is -0.478 e. The molecule has 19 heavy (non-hydrogen) atoms. The molecule has 0 bridgehead atoms. The summed E-state index contributed by atoms with van der Waals surface area (Å²) in [5, 5.41) is 11.7. The Morgan fingerprint density at radius 1 is 1.42 bits per heavy atom. The fourth-order valence-electron chi connectivity index (χ4n) is 1.80. The number of nitrogens with zero attached hydrogens (tertiary/aromatic N) is 2. The predicted octanol–water partition coefficient (Wildman–Crippen LogP) is 1.26. The van der Waals surface area contributed by atoms with Gasteiger partial charge in [-0.1, -0.05) is 6.92 Å². The molecule has 0 unspecified atom stereocenters. The number of benzene rings is 1. The maximum absolute atomic E-state index is 11.6. The van der Waals surface area contributed by atoms with Crippen molar-refractivity contribution in [2.24, 2.45) is 0 Å². The summed E-state index contributed by atoms with van der Waals surface area (Å²) in [7, 11) is 0. The monoisotopic (exact) mass is 261 g/mol. The van der Waals surface area contributed by atoms with E-state index in [0.717, 1.165) is 11.9 Å². The van der Waals surface area contributed by atoms with Gasteiger partial charge in [0.05, 0.1) is 22.9 Å². The van der Waals surface area contributed by atoms with Crippen LogP contribution in [0.3, 0.4) is 0 Å². The Morgan fingerprint density at radius 3 is 2.89 bits per heavy atom. The number of carbonyl (C=O) groups is 2. The van der Waals surface area contributed by atoms with E-state index in [1.807, 2.05) is 6.92 Å². The molecule has 2 rings (SSSR count). The Labute approximate surface area is 110 Å². The topological polar surface area (TPSA) is 84.2 Å². The third-order valence-corrected chi connectivity index (χ3v) is 2.75. The lowest BCUT2D eigenvalue weighted by atomic mass is 10.2. The zero-order valence-electron chi connectivity index (χ0n) is 10.6. The molecule has 0 spiro atoms. The Balaban J connectivity index is 2.21. The Hall–Kier alpha value is -2.37. The van der Waals surface area contributed by atoms with E-state index >= 15 is 0 Å². The first kappa shape index (κ1) is 13.1. The second-order valence-corrected chi connectivity index (χ2v) is 4.23. The highest BCUT2D eigenvalue weighted by Crippen LogP contribution is 2.14. The average Bonchev–Trinajstić information content (AvgIpc) is 2.78. The minimum absolute atomic E-state index is 0.0801. The van der Waals surface area contributed by atoms with Crippen LogP contribution < -0.4 is 5.32 Å². The second-order valence-electron chi connectivity index (χ2n) is 4.23. The highest BCUT2D eigenvalue weighted by atomic mass is 16.4. The summed E-state index contributed by atoms with van der Waals surface area (Å²) >= 11 is 0. The van der Waals surface area contributed by atoms with Gasteiger partial charge in [0, 0.05) is 6.54 Å². The van der Waals surface area contributed by atoms with Crippen molar-refractivity contribution in [1.82, 2.24) is 14.9 Å². The van der Waals surface area contributed by atoms with Crippen LogP contribution in [0.25, 0.3) is 11.0 Å². The van der Waals surface area contributed by atoms with Crippen LogP contribution in [-0.2, 0) is 11.3 Å². The van der Waals surface area contributed by atoms with Crippen LogP contribution in [0.2, 0.25) is 0 Å². The molecular weight excluding hydrogens is 246 g/mol. The molecule has 6 nitrogen and oxygen atoms in total. The summed E-state index contributed by atoms with van der Waals surface area (Å²) < 4.78 is 1.70. The molecule has 0 saturated heterocycles. The van der Waals surface area contributed by atoms with E-state index in [0.29, 0.717) is 12.1 Å². The number of aromatic carboxylic acids is 1.